The van der Waals surface area contributed by atoms with Crippen LogP contribution in [0, 0.1) is 5.41 Å². The first-order chi connectivity index (χ1) is 10.1. The molecular weight excluding hydrogens is 252 g/mol. The van der Waals surface area contributed by atoms with Crippen molar-refractivity contribution < 1.29 is 0 Å². The van der Waals surface area contributed by atoms with Gasteiger partial charge in [0.1, 0.15) is 0 Å². The van der Waals surface area contributed by atoms with Gasteiger partial charge in [-0.25, -0.2) is 0 Å². The van der Waals surface area contributed by atoms with Crippen LogP contribution in [0.15, 0.2) is 60.7 Å². The van der Waals surface area contributed by atoms with Gasteiger partial charge in [0.15, 0.2) is 0 Å². The molecule has 108 valence electrons. The normalized spacial score (nSPS) is 18.9. The summed E-state index contributed by atoms with van der Waals surface area (Å²) >= 11 is 0. The monoisotopic (exact) mass is 276 g/mol. The van der Waals surface area contributed by atoms with Crippen LogP contribution in [-0.2, 0) is 5.41 Å². The van der Waals surface area contributed by atoms with Gasteiger partial charge in [0.05, 0.1) is 0 Å². The van der Waals surface area contributed by atoms with Gasteiger partial charge in [0, 0.05) is 5.41 Å². The molecule has 0 atom stereocenters. The molecule has 1 spiro atoms. The zero-order valence-corrected chi connectivity index (χ0v) is 13.5. The van der Waals surface area contributed by atoms with Crippen LogP contribution in [0.5, 0.6) is 0 Å². The lowest BCUT2D eigenvalue weighted by Gasteiger charge is -2.29. The molecule has 0 aromatic heterocycles. The molecule has 4 rings (SSSR count). The summed E-state index contributed by atoms with van der Waals surface area (Å²) in [5, 5.41) is 0. The van der Waals surface area contributed by atoms with Crippen LogP contribution in [0.25, 0.3) is 11.1 Å². The van der Waals surface area contributed by atoms with Crippen molar-refractivity contribution in [2.24, 2.45) is 5.41 Å². The van der Waals surface area contributed by atoms with Gasteiger partial charge in [-0.15, -0.1) is 0 Å². The third-order valence-electron chi connectivity index (χ3n) is 4.66. The van der Waals surface area contributed by atoms with E-state index in [1.807, 2.05) is 13.8 Å². The van der Waals surface area contributed by atoms with E-state index < -0.39 is 0 Å². The maximum Gasteiger partial charge on any atom is 0.0402 e. The summed E-state index contributed by atoms with van der Waals surface area (Å²) in [6.07, 6.45) is 6.01. The molecule has 2 aliphatic carbocycles. The molecule has 0 saturated heterocycles. The fourth-order valence-electron chi connectivity index (χ4n) is 3.93. The molecule has 2 aliphatic rings. The fourth-order valence-corrected chi connectivity index (χ4v) is 3.93. The molecule has 21 heavy (non-hydrogen) atoms. The van der Waals surface area contributed by atoms with E-state index >= 15 is 0 Å². The van der Waals surface area contributed by atoms with E-state index in [0.717, 1.165) is 0 Å². The Morgan fingerprint density at radius 1 is 0.714 bits per heavy atom. The summed E-state index contributed by atoms with van der Waals surface area (Å²) in [4.78, 5) is 0. The van der Waals surface area contributed by atoms with E-state index in [9.17, 15) is 0 Å². The van der Waals surface area contributed by atoms with Crippen molar-refractivity contribution in [1.82, 2.24) is 0 Å². The molecule has 0 aliphatic heterocycles. The lowest BCUT2D eigenvalue weighted by Crippen LogP contribution is -2.23. The molecule has 0 heterocycles. The summed E-state index contributed by atoms with van der Waals surface area (Å²) < 4.78 is 0. The summed E-state index contributed by atoms with van der Waals surface area (Å²) in [7, 11) is 0. The van der Waals surface area contributed by atoms with Gasteiger partial charge in [-0.05, 0) is 34.1 Å². The average Bonchev–Trinajstić information content (AvgIpc) is 2.99. The Morgan fingerprint density at radius 2 is 1.19 bits per heavy atom. The molecule has 0 amide bonds. The number of benzene rings is 2. The minimum Gasteiger partial charge on any atom is -0.0816 e. The Kier molecular flexibility index (Phi) is 3.28. The Labute approximate surface area is 128 Å². The average molecular weight is 276 g/mol. The van der Waals surface area contributed by atoms with Crippen LogP contribution in [0.2, 0.25) is 0 Å². The van der Waals surface area contributed by atoms with Gasteiger partial charge in [-0.3, -0.25) is 0 Å². The highest BCUT2D eigenvalue weighted by molar-refractivity contribution is 5.82. The number of hydrogen-bond acceptors (Lipinski definition) is 0. The molecule has 0 heteroatoms. The Hall–Kier alpha value is -1.82. The summed E-state index contributed by atoms with van der Waals surface area (Å²) in [5.74, 6) is 0. The van der Waals surface area contributed by atoms with E-state index in [0.29, 0.717) is 0 Å². The highest BCUT2D eigenvalue weighted by atomic mass is 14.5. The number of rotatable bonds is 0. The van der Waals surface area contributed by atoms with Gasteiger partial charge < -0.3 is 0 Å². The van der Waals surface area contributed by atoms with Gasteiger partial charge >= 0.3 is 0 Å². The number of allylic oxidation sites excluding steroid dienone is 2. The van der Waals surface area contributed by atoms with E-state index in [-0.39, 0.29) is 10.8 Å². The maximum absolute atomic E-state index is 2.44. The number of hydrogen-bond donors (Lipinski definition) is 0. The molecule has 0 bridgehead atoms. The molecule has 0 nitrogen and oxygen atoms in total. The SMILES string of the molecule is CC.CC1(C)C=CC2(C1)c1ccccc1-c1ccccc12. The fraction of sp³-hybridized carbons (Fsp3) is 0.333. The van der Waals surface area contributed by atoms with E-state index in [1.165, 1.54) is 28.7 Å². The van der Waals surface area contributed by atoms with Gasteiger partial charge in [-0.2, -0.15) is 0 Å². The first-order valence-electron chi connectivity index (χ1n) is 8.02. The highest BCUT2D eigenvalue weighted by Gasteiger charge is 2.46. The van der Waals surface area contributed by atoms with Crippen LogP contribution in [0.4, 0.5) is 0 Å². The molecule has 0 N–H and O–H groups in total. The van der Waals surface area contributed by atoms with Crippen LogP contribution in [-0.4, -0.2) is 0 Å². The molecule has 0 radical (unpaired) electrons. The Morgan fingerprint density at radius 3 is 1.62 bits per heavy atom. The maximum atomic E-state index is 2.44. The first-order valence-corrected chi connectivity index (χ1v) is 8.02. The summed E-state index contributed by atoms with van der Waals surface area (Å²) in [5.41, 5.74) is 6.19. The highest BCUT2D eigenvalue weighted by Crippen LogP contribution is 2.57. The topological polar surface area (TPSA) is 0 Å². The molecule has 0 fully saturated rings. The van der Waals surface area contributed by atoms with Crippen molar-refractivity contribution in [3.63, 3.8) is 0 Å². The van der Waals surface area contributed by atoms with Crippen LogP contribution in [0.1, 0.15) is 45.2 Å². The van der Waals surface area contributed by atoms with Crippen molar-refractivity contribution in [2.75, 3.05) is 0 Å². The minimum atomic E-state index is 0.108. The third kappa shape index (κ3) is 1.97. The molecular formula is C21H24. The van der Waals surface area contributed by atoms with E-state index in [2.05, 4.69) is 74.5 Å². The van der Waals surface area contributed by atoms with Crippen molar-refractivity contribution in [2.45, 2.75) is 39.5 Å². The lowest BCUT2D eigenvalue weighted by molar-refractivity contribution is 0.406. The predicted octanol–water partition coefficient (Wildman–Crippen LogP) is 5.97. The first kappa shape index (κ1) is 14.1. The van der Waals surface area contributed by atoms with Gasteiger partial charge in [0.2, 0.25) is 0 Å². The summed E-state index contributed by atoms with van der Waals surface area (Å²) in [6, 6.07) is 17.8. The minimum absolute atomic E-state index is 0.108. The Balaban J connectivity index is 0.000000636. The third-order valence-corrected chi connectivity index (χ3v) is 4.66. The van der Waals surface area contributed by atoms with Crippen molar-refractivity contribution in [1.29, 1.82) is 0 Å². The summed E-state index contributed by atoms with van der Waals surface area (Å²) in [6.45, 7) is 8.67. The molecule has 2 aromatic carbocycles. The zero-order valence-electron chi connectivity index (χ0n) is 13.5. The van der Waals surface area contributed by atoms with Crippen LogP contribution < -0.4 is 0 Å². The van der Waals surface area contributed by atoms with Crippen LogP contribution >= 0.6 is 0 Å². The lowest BCUT2D eigenvalue weighted by atomic mass is 9.73. The second kappa shape index (κ2) is 4.87. The Bertz CT molecular complexity index is 643. The second-order valence-corrected chi connectivity index (χ2v) is 6.56. The molecule has 0 saturated carbocycles. The van der Waals surface area contributed by atoms with Gasteiger partial charge in [-0.1, -0.05) is 88.4 Å². The second-order valence-electron chi connectivity index (χ2n) is 6.56. The zero-order chi connectivity index (χ0) is 15.1. The molecule has 0 unspecified atom stereocenters. The number of fused-ring (bicyclic) bond motifs is 5. The van der Waals surface area contributed by atoms with Gasteiger partial charge in [0.25, 0.3) is 0 Å². The van der Waals surface area contributed by atoms with E-state index in [1.54, 1.807) is 0 Å². The van der Waals surface area contributed by atoms with Crippen molar-refractivity contribution in [3.8, 4) is 11.1 Å². The van der Waals surface area contributed by atoms with Crippen molar-refractivity contribution in [3.05, 3.63) is 71.8 Å². The smallest absolute Gasteiger partial charge is 0.0402 e. The predicted molar refractivity (Wildman–Crippen MR) is 91.5 cm³/mol. The van der Waals surface area contributed by atoms with E-state index in [4.69, 9.17) is 0 Å². The molecule has 2 aromatic rings. The largest absolute Gasteiger partial charge is 0.0816 e. The standard InChI is InChI=1S/C19H18.C2H6/c1-18(2)11-12-19(13-18)16-9-5-3-7-14(16)15-8-4-6-10-17(15)19;1-2/h3-12H,13H2,1-2H3;1-2H3. The van der Waals surface area contributed by atoms with Crippen LogP contribution in [0.3, 0.4) is 0 Å². The quantitative estimate of drug-likeness (QED) is 0.520. The van der Waals surface area contributed by atoms with Crippen molar-refractivity contribution >= 4 is 0 Å².